The minimum atomic E-state index is -0.449. The topological polar surface area (TPSA) is 104 Å². The summed E-state index contributed by atoms with van der Waals surface area (Å²) < 4.78 is 11.2. The van der Waals surface area contributed by atoms with Crippen molar-refractivity contribution in [3.8, 4) is 5.75 Å². The summed E-state index contributed by atoms with van der Waals surface area (Å²) in [7, 11) is 1.60. The molecule has 39 heavy (non-hydrogen) atoms. The van der Waals surface area contributed by atoms with Crippen LogP contribution in [0.4, 0.5) is 5.69 Å². The molecule has 4 rings (SSSR count). The molecule has 0 bridgehead atoms. The molecule has 204 valence electrons. The molecule has 3 aromatic rings. The van der Waals surface area contributed by atoms with E-state index in [4.69, 9.17) is 9.47 Å². The highest BCUT2D eigenvalue weighted by atomic mass is 79.9. The van der Waals surface area contributed by atoms with Gasteiger partial charge in [-0.15, -0.1) is 0 Å². The SMILES string of the molecule is COc1ccc(/C=N/NC(=O)c2cc(Br)ccc2NC(=O)c2ccc(CNCCN3CCOCC3)cc2)cc1. The fraction of sp³-hybridized carbons (Fsp3) is 0.276. The highest BCUT2D eigenvalue weighted by Crippen LogP contribution is 2.22. The van der Waals surface area contributed by atoms with Gasteiger partial charge in [-0.05, 0) is 65.7 Å². The number of halogens is 1. The Morgan fingerprint density at radius 2 is 1.77 bits per heavy atom. The van der Waals surface area contributed by atoms with E-state index < -0.39 is 5.91 Å². The van der Waals surface area contributed by atoms with E-state index >= 15 is 0 Å². The van der Waals surface area contributed by atoms with Crippen LogP contribution in [0.3, 0.4) is 0 Å². The van der Waals surface area contributed by atoms with Crippen LogP contribution in [0.25, 0.3) is 0 Å². The third kappa shape index (κ3) is 8.72. The first-order valence-corrected chi connectivity index (χ1v) is 13.5. The van der Waals surface area contributed by atoms with Gasteiger partial charge in [0.2, 0.25) is 0 Å². The van der Waals surface area contributed by atoms with Crippen LogP contribution in [0.2, 0.25) is 0 Å². The highest BCUT2D eigenvalue weighted by Gasteiger charge is 2.15. The van der Waals surface area contributed by atoms with Crippen LogP contribution in [0, 0.1) is 0 Å². The summed E-state index contributed by atoms with van der Waals surface area (Å²) in [4.78, 5) is 28.2. The molecule has 0 atom stereocenters. The van der Waals surface area contributed by atoms with Gasteiger partial charge in [0.25, 0.3) is 11.8 Å². The summed E-state index contributed by atoms with van der Waals surface area (Å²) in [6, 6.07) is 19.8. The van der Waals surface area contributed by atoms with Crippen molar-refractivity contribution in [2.24, 2.45) is 5.10 Å². The molecule has 0 saturated carbocycles. The predicted molar refractivity (Wildman–Crippen MR) is 156 cm³/mol. The maximum Gasteiger partial charge on any atom is 0.273 e. The van der Waals surface area contributed by atoms with Crippen molar-refractivity contribution >= 4 is 39.6 Å². The van der Waals surface area contributed by atoms with Crippen LogP contribution in [0.1, 0.15) is 31.8 Å². The van der Waals surface area contributed by atoms with Crippen molar-refractivity contribution in [1.82, 2.24) is 15.6 Å². The molecule has 0 aromatic heterocycles. The molecule has 1 heterocycles. The Hall–Kier alpha value is -3.57. The molecule has 1 fully saturated rings. The lowest BCUT2D eigenvalue weighted by molar-refractivity contribution is 0.0384. The molecule has 1 aliphatic rings. The number of carbonyl (C=O) groups excluding carboxylic acids is 2. The Morgan fingerprint density at radius 1 is 1.03 bits per heavy atom. The summed E-state index contributed by atoms with van der Waals surface area (Å²) in [5.74, 6) is -0.0220. The normalized spacial score (nSPS) is 13.8. The second-order valence-electron chi connectivity index (χ2n) is 8.94. The predicted octanol–water partition coefficient (Wildman–Crippen LogP) is 3.90. The smallest absolute Gasteiger partial charge is 0.273 e. The second kappa shape index (κ2) is 14.5. The lowest BCUT2D eigenvalue weighted by Crippen LogP contribution is -2.40. The zero-order chi connectivity index (χ0) is 27.5. The number of amides is 2. The van der Waals surface area contributed by atoms with Gasteiger partial charge in [-0.2, -0.15) is 5.10 Å². The van der Waals surface area contributed by atoms with Crippen molar-refractivity contribution in [2.45, 2.75) is 6.54 Å². The van der Waals surface area contributed by atoms with Crippen LogP contribution >= 0.6 is 15.9 Å². The maximum atomic E-state index is 12.9. The molecule has 0 unspecified atom stereocenters. The van der Waals surface area contributed by atoms with Gasteiger partial charge < -0.3 is 20.1 Å². The second-order valence-corrected chi connectivity index (χ2v) is 9.86. The number of carbonyl (C=O) groups is 2. The maximum absolute atomic E-state index is 12.9. The first-order chi connectivity index (χ1) is 19.0. The zero-order valence-electron chi connectivity index (χ0n) is 21.8. The average Bonchev–Trinajstić information content (AvgIpc) is 2.97. The standard InChI is InChI=1S/C29H32BrN5O4/c1-38-25-9-4-22(5-10-25)20-32-34-29(37)26-18-24(30)8-11-27(26)33-28(36)23-6-2-21(3-7-23)19-31-12-13-35-14-16-39-17-15-35/h2-11,18,20,31H,12-17,19H2,1H3,(H,33,36)(H,34,37)/b32-20+. The molecule has 1 aliphatic heterocycles. The monoisotopic (exact) mass is 593 g/mol. The Bertz CT molecular complexity index is 1280. The lowest BCUT2D eigenvalue weighted by Gasteiger charge is -2.26. The highest BCUT2D eigenvalue weighted by molar-refractivity contribution is 9.10. The molecule has 0 radical (unpaired) electrons. The largest absolute Gasteiger partial charge is 0.497 e. The number of hydrogen-bond acceptors (Lipinski definition) is 7. The number of hydrazone groups is 1. The van der Waals surface area contributed by atoms with Crippen molar-refractivity contribution in [3.05, 3.63) is 93.5 Å². The molecule has 2 amide bonds. The Kier molecular flexibility index (Phi) is 10.6. The summed E-state index contributed by atoms with van der Waals surface area (Å²) in [6.45, 7) is 6.15. The van der Waals surface area contributed by atoms with Gasteiger partial charge in [0.15, 0.2) is 0 Å². The molecule has 3 aromatic carbocycles. The van der Waals surface area contributed by atoms with Crippen LogP contribution in [0.15, 0.2) is 76.3 Å². The van der Waals surface area contributed by atoms with Gasteiger partial charge in [-0.3, -0.25) is 14.5 Å². The number of ether oxygens (including phenoxy) is 2. The summed E-state index contributed by atoms with van der Waals surface area (Å²) in [5.41, 5.74) is 5.58. The Labute approximate surface area is 236 Å². The molecule has 1 saturated heterocycles. The number of nitrogens with zero attached hydrogens (tertiary/aromatic N) is 2. The van der Waals surface area contributed by atoms with Gasteiger partial charge in [-0.1, -0.05) is 28.1 Å². The van der Waals surface area contributed by atoms with Crippen LogP contribution in [-0.4, -0.2) is 69.4 Å². The molecular weight excluding hydrogens is 562 g/mol. The molecular formula is C29H32BrN5O4. The number of nitrogens with one attached hydrogen (secondary N) is 3. The van der Waals surface area contributed by atoms with E-state index in [1.165, 1.54) is 6.21 Å². The average molecular weight is 595 g/mol. The Balaban J connectivity index is 1.31. The third-order valence-corrected chi connectivity index (χ3v) is 6.72. The van der Waals surface area contributed by atoms with Gasteiger partial charge in [0, 0.05) is 42.8 Å². The van der Waals surface area contributed by atoms with Gasteiger partial charge in [0.05, 0.1) is 37.8 Å². The molecule has 0 spiro atoms. The summed E-state index contributed by atoms with van der Waals surface area (Å²) >= 11 is 3.39. The van der Waals surface area contributed by atoms with E-state index in [9.17, 15) is 9.59 Å². The number of benzene rings is 3. The van der Waals surface area contributed by atoms with Gasteiger partial charge in [-0.25, -0.2) is 5.43 Å². The van der Waals surface area contributed by atoms with Crippen LogP contribution in [-0.2, 0) is 11.3 Å². The number of methoxy groups -OCH3 is 1. The minimum absolute atomic E-state index is 0.283. The van der Waals surface area contributed by atoms with E-state index in [-0.39, 0.29) is 11.5 Å². The van der Waals surface area contributed by atoms with Crippen molar-refractivity contribution in [3.63, 3.8) is 0 Å². The fourth-order valence-electron chi connectivity index (χ4n) is 3.99. The van der Waals surface area contributed by atoms with Crippen LogP contribution in [0.5, 0.6) is 5.75 Å². The van der Waals surface area contributed by atoms with Gasteiger partial charge >= 0.3 is 0 Å². The van der Waals surface area contributed by atoms with E-state index in [1.54, 1.807) is 49.6 Å². The van der Waals surface area contributed by atoms with E-state index in [1.807, 2.05) is 24.3 Å². The summed E-state index contributed by atoms with van der Waals surface area (Å²) in [6.07, 6.45) is 1.53. The number of morpholine rings is 1. The van der Waals surface area contributed by atoms with Crippen molar-refractivity contribution < 1.29 is 19.1 Å². The first kappa shape index (κ1) is 28.4. The van der Waals surface area contributed by atoms with Gasteiger partial charge in [0.1, 0.15) is 5.75 Å². The number of hydrogen-bond donors (Lipinski definition) is 3. The quantitative estimate of drug-likeness (QED) is 0.177. The summed E-state index contributed by atoms with van der Waals surface area (Å²) in [5, 5.41) is 10.3. The first-order valence-electron chi connectivity index (χ1n) is 12.7. The molecule has 10 heteroatoms. The molecule has 9 nitrogen and oxygen atoms in total. The molecule has 0 aliphatic carbocycles. The molecule has 3 N–H and O–H groups in total. The third-order valence-electron chi connectivity index (χ3n) is 6.22. The zero-order valence-corrected chi connectivity index (χ0v) is 23.4. The number of anilines is 1. The lowest BCUT2D eigenvalue weighted by atomic mass is 10.1. The minimum Gasteiger partial charge on any atom is -0.497 e. The number of rotatable bonds is 11. The fourth-order valence-corrected chi connectivity index (χ4v) is 4.35. The van der Waals surface area contributed by atoms with E-state index in [2.05, 4.69) is 42.0 Å². The van der Waals surface area contributed by atoms with Crippen molar-refractivity contribution in [1.29, 1.82) is 0 Å². The van der Waals surface area contributed by atoms with Crippen molar-refractivity contribution in [2.75, 3.05) is 51.8 Å². The van der Waals surface area contributed by atoms with E-state index in [0.29, 0.717) is 15.7 Å². The Morgan fingerprint density at radius 3 is 2.49 bits per heavy atom. The van der Waals surface area contributed by atoms with Crippen LogP contribution < -0.4 is 20.8 Å². The van der Waals surface area contributed by atoms with E-state index in [0.717, 1.165) is 62.8 Å².